The van der Waals surface area contributed by atoms with Crippen LogP contribution in [0.2, 0.25) is 0 Å². The van der Waals surface area contributed by atoms with Crippen molar-refractivity contribution in [2.75, 3.05) is 0 Å². The molecule has 0 amide bonds. The minimum Gasteiger partial charge on any atom is -0.240 e. The Labute approximate surface area is 105 Å². The van der Waals surface area contributed by atoms with Crippen LogP contribution in [0, 0.1) is 3.57 Å². The maximum atomic E-state index is 4.45. The first-order valence-corrected chi connectivity index (χ1v) is 6.02. The SMILES string of the molecule is Brc1nc(-c2ccccc2)ccc1I. The van der Waals surface area contributed by atoms with Gasteiger partial charge < -0.3 is 0 Å². The van der Waals surface area contributed by atoms with Crippen LogP contribution < -0.4 is 0 Å². The third-order valence-corrected chi connectivity index (χ3v) is 4.09. The summed E-state index contributed by atoms with van der Waals surface area (Å²) in [6.45, 7) is 0. The predicted molar refractivity (Wildman–Crippen MR) is 70.1 cm³/mol. The van der Waals surface area contributed by atoms with Crippen molar-refractivity contribution >= 4 is 38.5 Å². The van der Waals surface area contributed by atoms with Crippen LogP contribution in [0.15, 0.2) is 47.1 Å². The molecule has 0 aliphatic rings. The van der Waals surface area contributed by atoms with E-state index in [0.717, 1.165) is 19.4 Å². The Bertz CT molecular complexity index is 442. The third-order valence-electron chi connectivity index (χ3n) is 1.87. The summed E-state index contributed by atoms with van der Waals surface area (Å²) >= 11 is 5.68. The van der Waals surface area contributed by atoms with Gasteiger partial charge in [0.1, 0.15) is 4.60 Å². The quantitative estimate of drug-likeness (QED) is 0.551. The molecule has 1 aromatic heterocycles. The average Bonchev–Trinajstić information content (AvgIpc) is 2.23. The molecule has 0 spiro atoms. The van der Waals surface area contributed by atoms with Crippen LogP contribution in [0.5, 0.6) is 0 Å². The van der Waals surface area contributed by atoms with Gasteiger partial charge in [-0.25, -0.2) is 4.98 Å². The highest BCUT2D eigenvalue weighted by molar-refractivity contribution is 14.1. The Morgan fingerprint density at radius 3 is 2.36 bits per heavy atom. The molecule has 0 N–H and O–H groups in total. The fraction of sp³-hybridized carbons (Fsp3) is 0. The molecule has 2 aromatic rings. The monoisotopic (exact) mass is 359 g/mol. The minimum atomic E-state index is 0.902. The predicted octanol–water partition coefficient (Wildman–Crippen LogP) is 4.12. The highest BCUT2D eigenvalue weighted by Gasteiger charge is 2.01. The molecule has 0 saturated carbocycles. The van der Waals surface area contributed by atoms with Crippen molar-refractivity contribution < 1.29 is 0 Å². The summed E-state index contributed by atoms with van der Waals surface area (Å²) in [7, 11) is 0. The fourth-order valence-electron chi connectivity index (χ4n) is 1.19. The largest absolute Gasteiger partial charge is 0.240 e. The lowest BCUT2D eigenvalue weighted by molar-refractivity contribution is 1.26. The molecule has 0 radical (unpaired) electrons. The fourth-order valence-corrected chi connectivity index (χ4v) is 1.81. The smallest absolute Gasteiger partial charge is 0.120 e. The van der Waals surface area contributed by atoms with Crippen LogP contribution in [0.3, 0.4) is 0 Å². The summed E-state index contributed by atoms with van der Waals surface area (Å²) in [5, 5.41) is 0. The normalized spacial score (nSPS) is 10.1. The van der Waals surface area contributed by atoms with Gasteiger partial charge in [0.2, 0.25) is 0 Å². The van der Waals surface area contributed by atoms with E-state index in [9.17, 15) is 0 Å². The van der Waals surface area contributed by atoms with Gasteiger partial charge in [-0.3, -0.25) is 0 Å². The number of pyridine rings is 1. The van der Waals surface area contributed by atoms with Gasteiger partial charge in [-0.2, -0.15) is 0 Å². The van der Waals surface area contributed by atoms with Crippen molar-refractivity contribution in [3.8, 4) is 11.3 Å². The van der Waals surface area contributed by atoms with Crippen molar-refractivity contribution in [2.24, 2.45) is 0 Å². The third kappa shape index (κ3) is 2.15. The molecule has 2 rings (SSSR count). The van der Waals surface area contributed by atoms with E-state index in [1.165, 1.54) is 0 Å². The summed E-state index contributed by atoms with van der Waals surface area (Å²) in [6, 6.07) is 14.2. The first-order valence-electron chi connectivity index (χ1n) is 4.15. The van der Waals surface area contributed by atoms with Crippen LogP contribution in [0.1, 0.15) is 0 Å². The number of nitrogens with zero attached hydrogens (tertiary/aromatic N) is 1. The van der Waals surface area contributed by atoms with Crippen LogP contribution in [0.25, 0.3) is 11.3 Å². The number of aromatic nitrogens is 1. The lowest BCUT2D eigenvalue weighted by Gasteiger charge is -2.01. The van der Waals surface area contributed by atoms with Gasteiger partial charge >= 0.3 is 0 Å². The van der Waals surface area contributed by atoms with Gasteiger partial charge in [0, 0.05) is 9.13 Å². The number of rotatable bonds is 1. The van der Waals surface area contributed by atoms with Gasteiger partial charge in [0.25, 0.3) is 0 Å². The van der Waals surface area contributed by atoms with E-state index >= 15 is 0 Å². The van der Waals surface area contributed by atoms with E-state index in [4.69, 9.17) is 0 Å². The van der Waals surface area contributed by atoms with Crippen LogP contribution in [-0.4, -0.2) is 4.98 Å². The van der Waals surface area contributed by atoms with E-state index < -0.39 is 0 Å². The Morgan fingerprint density at radius 2 is 1.71 bits per heavy atom. The highest BCUT2D eigenvalue weighted by atomic mass is 127. The van der Waals surface area contributed by atoms with Crippen molar-refractivity contribution in [3.63, 3.8) is 0 Å². The zero-order valence-electron chi connectivity index (χ0n) is 7.24. The van der Waals surface area contributed by atoms with Crippen molar-refractivity contribution in [1.82, 2.24) is 4.98 Å². The second kappa shape index (κ2) is 4.40. The Balaban J connectivity index is 2.48. The molecule has 1 heterocycles. The van der Waals surface area contributed by atoms with E-state index in [1.54, 1.807) is 0 Å². The van der Waals surface area contributed by atoms with Crippen LogP contribution >= 0.6 is 38.5 Å². The number of hydrogen-bond donors (Lipinski definition) is 0. The summed E-state index contributed by atoms with van der Waals surface area (Å²) in [4.78, 5) is 4.45. The molecule has 1 nitrogen and oxygen atoms in total. The van der Waals surface area contributed by atoms with Gasteiger partial charge in [0.15, 0.2) is 0 Å². The minimum absolute atomic E-state index is 0.902. The lowest BCUT2D eigenvalue weighted by Crippen LogP contribution is -1.86. The van der Waals surface area contributed by atoms with E-state index in [1.807, 2.05) is 24.3 Å². The molecular weight excluding hydrogens is 353 g/mol. The summed E-state index contributed by atoms with van der Waals surface area (Å²) in [5.74, 6) is 0. The first kappa shape index (κ1) is 10.1. The molecule has 0 bridgehead atoms. The maximum Gasteiger partial charge on any atom is 0.120 e. The molecule has 0 aliphatic heterocycles. The molecule has 0 atom stereocenters. The number of hydrogen-bond acceptors (Lipinski definition) is 1. The Kier molecular flexibility index (Phi) is 3.18. The topological polar surface area (TPSA) is 12.9 Å². The molecular formula is C11H7BrIN. The maximum absolute atomic E-state index is 4.45. The zero-order valence-corrected chi connectivity index (χ0v) is 11.0. The second-order valence-corrected chi connectivity index (χ2v) is 4.75. The standard InChI is InChI=1S/C11H7BrIN/c12-11-9(13)6-7-10(14-11)8-4-2-1-3-5-8/h1-7H. The molecule has 0 unspecified atom stereocenters. The summed E-state index contributed by atoms with van der Waals surface area (Å²) in [5.41, 5.74) is 2.14. The van der Waals surface area contributed by atoms with Gasteiger partial charge in [-0.15, -0.1) is 0 Å². The van der Waals surface area contributed by atoms with Gasteiger partial charge in [-0.05, 0) is 50.7 Å². The second-order valence-electron chi connectivity index (χ2n) is 2.84. The summed E-state index contributed by atoms with van der Waals surface area (Å²) in [6.07, 6.45) is 0. The van der Waals surface area contributed by atoms with Crippen LogP contribution in [-0.2, 0) is 0 Å². The molecule has 0 aliphatic carbocycles. The Hall–Kier alpha value is -0.420. The molecule has 3 heteroatoms. The van der Waals surface area contributed by atoms with Gasteiger partial charge in [-0.1, -0.05) is 30.3 Å². The molecule has 1 aromatic carbocycles. The molecule has 0 fully saturated rings. The van der Waals surface area contributed by atoms with E-state index in [-0.39, 0.29) is 0 Å². The highest BCUT2D eigenvalue weighted by Crippen LogP contribution is 2.22. The zero-order chi connectivity index (χ0) is 9.97. The molecule has 70 valence electrons. The average molecular weight is 360 g/mol. The molecule has 14 heavy (non-hydrogen) atoms. The number of benzene rings is 1. The number of halogens is 2. The Morgan fingerprint density at radius 1 is 1.00 bits per heavy atom. The van der Waals surface area contributed by atoms with Gasteiger partial charge in [0.05, 0.1) is 5.69 Å². The first-order chi connectivity index (χ1) is 6.77. The van der Waals surface area contributed by atoms with Crippen molar-refractivity contribution in [3.05, 3.63) is 50.6 Å². The van der Waals surface area contributed by atoms with Crippen molar-refractivity contribution in [2.45, 2.75) is 0 Å². The van der Waals surface area contributed by atoms with Crippen LogP contribution in [0.4, 0.5) is 0 Å². The molecule has 0 saturated heterocycles. The van der Waals surface area contributed by atoms with Crippen molar-refractivity contribution in [1.29, 1.82) is 0 Å². The van der Waals surface area contributed by atoms with E-state index in [2.05, 4.69) is 61.7 Å². The van der Waals surface area contributed by atoms with E-state index in [0.29, 0.717) is 0 Å². The lowest BCUT2D eigenvalue weighted by atomic mass is 10.1. The summed E-state index contributed by atoms with van der Waals surface area (Å²) < 4.78 is 2.03.